The SMILES string of the molecule is Cc1cc(C)c([I+]c2ccccc2)c(C)c1. The fraction of sp³-hybridized carbons (Fsp3) is 0.200. The van der Waals surface area contributed by atoms with Gasteiger partial charge in [0, 0.05) is 11.1 Å². The molecule has 0 aliphatic heterocycles. The van der Waals surface area contributed by atoms with Crippen molar-refractivity contribution in [2.24, 2.45) is 0 Å². The molecule has 0 aromatic heterocycles. The second kappa shape index (κ2) is 5.00. The molecule has 0 N–H and O–H groups in total. The highest BCUT2D eigenvalue weighted by atomic mass is 127. The summed E-state index contributed by atoms with van der Waals surface area (Å²) in [5, 5.41) is 0. The van der Waals surface area contributed by atoms with Crippen LogP contribution < -0.4 is 21.2 Å². The first-order valence-electron chi connectivity index (χ1n) is 5.44. The summed E-state index contributed by atoms with van der Waals surface area (Å²) in [6.45, 7) is 6.64. The highest BCUT2D eigenvalue weighted by Gasteiger charge is 2.20. The second-order valence-corrected chi connectivity index (χ2v) is 6.97. The standard InChI is InChI=1S/C15H16I/c1-11-9-12(2)15(13(3)10-11)16-14-7-5-4-6-8-14/h4-10H,1-3H3/q+1. The predicted octanol–water partition coefficient (Wildman–Crippen LogP) is 0.740. The molecule has 2 aromatic carbocycles. The lowest BCUT2D eigenvalue weighted by Gasteiger charge is -2.00. The van der Waals surface area contributed by atoms with Gasteiger partial charge in [-0.05, 0) is 32.9 Å². The van der Waals surface area contributed by atoms with Crippen LogP contribution >= 0.6 is 0 Å². The molecule has 1 heteroatoms. The van der Waals surface area contributed by atoms with E-state index in [1.54, 1.807) is 3.57 Å². The Labute approximate surface area is 108 Å². The topological polar surface area (TPSA) is 0 Å². The summed E-state index contributed by atoms with van der Waals surface area (Å²) < 4.78 is 3.08. The zero-order valence-electron chi connectivity index (χ0n) is 9.92. The van der Waals surface area contributed by atoms with E-state index >= 15 is 0 Å². The van der Waals surface area contributed by atoms with E-state index < -0.39 is 0 Å². The molecular weight excluding hydrogens is 307 g/mol. The molecule has 0 radical (unpaired) electrons. The van der Waals surface area contributed by atoms with Gasteiger partial charge in [0.25, 0.3) is 0 Å². The van der Waals surface area contributed by atoms with Gasteiger partial charge in [0.1, 0.15) is 0 Å². The molecule has 2 aromatic rings. The van der Waals surface area contributed by atoms with E-state index in [1.807, 2.05) is 0 Å². The Balaban J connectivity index is 2.35. The van der Waals surface area contributed by atoms with Crippen molar-refractivity contribution in [1.29, 1.82) is 0 Å². The van der Waals surface area contributed by atoms with Crippen molar-refractivity contribution in [3.63, 3.8) is 0 Å². The van der Waals surface area contributed by atoms with Crippen LogP contribution in [-0.4, -0.2) is 0 Å². The van der Waals surface area contributed by atoms with Gasteiger partial charge in [0.15, 0.2) is 7.14 Å². The third-order valence-electron chi connectivity index (χ3n) is 2.52. The first-order chi connectivity index (χ1) is 7.66. The normalized spacial score (nSPS) is 10.4. The lowest BCUT2D eigenvalue weighted by molar-refractivity contribution is -0.598. The largest absolute Gasteiger partial charge is 0.358 e. The van der Waals surface area contributed by atoms with Gasteiger partial charge in [0.05, 0.1) is 0 Å². The monoisotopic (exact) mass is 323 g/mol. The minimum Gasteiger partial charge on any atom is -0.0619 e. The molecule has 0 heterocycles. The van der Waals surface area contributed by atoms with E-state index in [1.165, 1.54) is 20.3 Å². The van der Waals surface area contributed by atoms with Crippen molar-refractivity contribution in [3.05, 3.63) is 66.3 Å². The Bertz CT molecular complexity index is 463. The molecule has 0 amide bonds. The quantitative estimate of drug-likeness (QED) is 0.715. The summed E-state index contributed by atoms with van der Waals surface area (Å²) in [5.41, 5.74) is 4.28. The van der Waals surface area contributed by atoms with Gasteiger partial charge >= 0.3 is 21.2 Å². The van der Waals surface area contributed by atoms with Crippen LogP contribution in [0.1, 0.15) is 16.7 Å². The van der Waals surface area contributed by atoms with Crippen LogP contribution in [0.4, 0.5) is 0 Å². The maximum absolute atomic E-state index is 2.30. The molecule has 0 saturated carbocycles. The highest BCUT2D eigenvalue weighted by Crippen LogP contribution is 2.07. The van der Waals surface area contributed by atoms with Gasteiger partial charge in [-0.2, -0.15) is 0 Å². The molecule has 0 nitrogen and oxygen atoms in total. The Morgan fingerprint density at radius 3 is 1.94 bits per heavy atom. The van der Waals surface area contributed by atoms with Gasteiger partial charge in [0.2, 0.25) is 0 Å². The Morgan fingerprint density at radius 1 is 0.812 bits per heavy atom. The van der Waals surface area contributed by atoms with E-state index in [0.717, 1.165) is 0 Å². The van der Waals surface area contributed by atoms with Crippen LogP contribution in [0.5, 0.6) is 0 Å². The first kappa shape index (κ1) is 11.6. The molecule has 16 heavy (non-hydrogen) atoms. The molecule has 82 valence electrons. The van der Waals surface area contributed by atoms with Crippen molar-refractivity contribution in [3.8, 4) is 0 Å². The van der Waals surface area contributed by atoms with Crippen LogP contribution in [0.2, 0.25) is 0 Å². The summed E-state index contributed by atoms with van der Waals surface area (Å²) in [5.74, 6) is 0. The molecule has 0 unspecified atom stereocenters. The summed E-state index contributed by atoms with van der Waals surface area (Å²) >= 11 is -0.0275. The number of hydrogen-bond acceptors (Lipinski definition) is 0. The summed E-state index contributed by atoms with van der Waals surface area (Å²) in [6.07, 6.45) is 0. The molecule has 0 bridgehead atoms. The molecule has 2 rings (SSSR count). The molecule has 0 spiro atoms. The molecule has 0 saturated heterocycles. The zero-order valence-corrected chi connectivity index (χ0v) is 12.1. The average molecular weight is 323 g/mol. The van der Waals surface area contributed by atoms with Gasteiger partial charge in [-0.25, -0.2) is 0 Å². The van der Waals surface area contributed by atoms with Crippen LogP contribution in [0.3, 0.4) is 0 Å². The summed E-state index contributed by atoms with van der Waals surface area (Å²) in [6, 6.07) is 15.4. The molecule has 0 atom stereocenters. The molecule has 0 aliphatic carbocycles. The van der Waals surface area contributed by atoms with Gasteiger partial charge in [-0.1, -0.05) is 35.9 Å². The Kier molecular flexibility index (Phi) is 3.64. The maximum Gasteiger partial charge on any atom is 0.358 e. The second-order valence-electron chi connectivity index (χ2n) is 4.10. The minimum absolute atomic E-state index is 0.0275. The van der Waals surface area contributed by atoms with Crippen molar-refractivity contribution >= 4 is 0 Å². The van der Waals surface area contributed by atoms with Crippen LogP contribution in [-0.2, 0) is 0 Å². The summed E-state index contributed by atoms with van der Waals surface area (Å²) in [4.78, 5) is 0. The van der Waals surface area contributed by atoms with Crippen LogP contribution in [0.15, 0.2) is 42.5 Å². The van der Waals surface area contributed by atoms with E-state index in [9.17, 15) is 0 Å². The third-order valence-corrected chi connectivity index (χ3v) is 6.10. The van der Waals surface area contributed by atoms with Crippen molar-refractivity contribution in [2.45, 2.75) is 20.8 Å². The van der Waals surface area contributed by atoms with E-state index in [-0.39, 0.29) is 21.2 Å². The number of halogens is 1. The van der Waals surface area contributed by atoms with Crippen molar-refractivity contribution in [1.82, 2.24) is 0 Å². The fourth-order valence-corrected chi connectivity index (χ4v) is 4.46. The predicted molar refractivity (Wildman–Crippen MR) is 64.5 cm³/mol. The van der Waals surface area contributed by atoms with Crippen LogP contribution in [0, 0.1) is 27.9 Å². The average Bonchev–Trinajstić information content (AvgIpc) is 2.25. The van der Waals surface area contributed by atoms with Gasteiger partial charge < -0.3 is 0 Å². The maximum atomic E-state index is 2.30. The number of rotatable bonds is 2. The molecular formula is C15H16I+. The number of hydrogen-bond donors (Lipinski definition) is 0. The molecule has 0 fully saturated rings. The Morgan fingerprint density at radius 2 is 1.38 bits per heavy atom. The first-order valence-corrected chi connectivity index (χ1v) is 7.60. The van der Waals surface area contributed by atoms with Crippen molar-refractivity contribution < 1.29 is 21.2 Å². The highest BCUT2D eigenvalue weighted by molar-refractivity contribution is 5.27. The van der Waals surface area contributed by atoms with Gasteiger partial charge in [-0.15, -0.1) is 0 Å². The summed E-state index contributed by atoms with van der Waals surface area (Å²) in [7, 11) is 0. The number of benzene rings is 2. The lowest BCUT2D eigenvalue weighted by atomic mass is 10.1. The van der Waals surface area contributed by atoms with Gasteiger partial charge in [-0.3, -0.25) is 0 Å². The Hall–Kier alpha value is -0.830. The zero-order chi connectivity index (χ0) is 11.5. The fourth-order valence-electron chi connectivity index (χ4n) is 1.90. The van der Waals surface area contributed by atoms with Crippen molar-refractivity contribution in [2.75, 3.05) is 0 Å². The van der Waals surface area contributed by atoms with Crippen LogP contribution in [0.25, 0.3) is 0 Å². The third kappa shape index (κ3) is 2.64. The lowest BCUT2D eigenvalue weighted by Crippen LogP contribution is -3.62. The van der Waals surface area contributed by atoms with E-state index in [4.69, 9.17) is 0 Å². The smallest absolute Gasteiger partial charge is 0.0619 e. The number of aryl methyl sites for hydroxylation is 3. The van der Waals surface area contributed by atoms with E-state index in [0.29, 0.717) is 0 Å². The minimum atomic E-state index is -0.0275. The molecule has 0 aliphatic rings. The van der Waals surface area contributed by atoms with E-state index in [2.05, 4.69) is 63.2 Å².